The van der Waals surface area contributed by atoms with Crippen molar-refractivity contribution in [3.05, 3.63) is 51.7 Å². The molecule has 1 N–H and O–H groups in total. The minimum absolute atomic E-state index is 0.182. The Bertz CT molecular complexity index is 495. The van der Waals surface area contributed by atoms with E-state index in [1.54, 1.807) is 23.6 Å². The molecule has 2 nitrogen and oxygen atoms in total. The Balaban J connectivity index is 2.17. The maximum atomic E-state index is 13.3. The maximum Gasteiger partial charge on any atom is 0.123 e. The van der Waals surface area contributed by atoms with E-state index in [1.807, 2.05) is 11.4 Å². The van der Waals surface area contributed by atoms with Crippen LogP contribution in [0.5, 0.6) is 0 Å². The van der Waals surface area contributed by atoms with Crippen molar-refractivity contribution in [2.24, 2.45) is 0 Å². The average molecular weight is 264 g/mol. The van der Waals surface area contributed by atoms with E-state index < -0.39 is 0 Å². The molecule has 1 heterocycles. The zero-order chi connectivity index (χ0) is 13.0. The molecule has 2 aromatic rings. The highest BCUT2D eigenvalue weighted by Crippen LogP contribution is 2.17. The summed E-state index contributed by atoms with van der Waals surface area (Å²) in [5.74, 6) is -0.182. The van der Waals surface area contributed by atoms with Gasteiger partial charge in [0.15, 0.2) is 0 Å². The quantitative estimate of drug-likeness (QED) is 0.895. The number of aromatic nitrogens is 1. The third-order valence-electron chi connectivity index (χ3n) is 2.69. The van der Waals surface area contributed by atoms with Gasteiger partial charge in [-0.2, -0.15) is 0 Å². The second-order valence-corrected chi connectivity index (χ2v) is 5.53. The summed E-state index contributed by atoms with van der Waals surface area (Å²) < 4.78 is 13.3. The van der Waals surface area contributed by atoms with Crippen molar-refractivity contribution in [3.63, 3.8) is 0 Å². The number of benzene rings is 1. The molecule has 2 rings (SSSR count). The van der Waals surface area contributed by atoms with Crippen LogP contribution < -0.4 is 5.32 Å². The van der Waals surface area contributed by atoms with Crippen LogP contribution in [0.2, 0.25) is 0 Å². The largest absolute Gasteiger partial charge is 0.310 e. The normalized spacial score (nSPS) is 11.1. The first-order chi connectivity index (χ1) is 8.65. The number of nitrogens with zero attached hydrogens (tertiary/aromatic N) is 1. The number of hydrogen-bond donors (Lipinski definition) is 1. The number of nitrogens with one attached hydrogen (secondary N) is 1. The van der Waals surface area contributed by atoms with Gasteiger partial charge in [0.05, 0.1) is 5.01 Å². The van der Waals surface area contributed by atoms with Gasteiger partial charge in [0.25, 0.3) is 0 Å². The molecule has 0 fully saturated rings. The molecule has 0 spiro atoms. The van der Waals surface area contributed by atoms with Gasteiger partial charge in [0.1, 0.15) is 5.82 Å². The molecule has 0 bridgehead atoms. The van der Waals surface area contributed by atoms with Gasteiger partial charge in [0.2, 0.25) is 0 Å². The zero-order valence-electron chi connectivity index (χ0n) is 10.6. The van der Waals surface area contributed by atoms with Crippen molar-refractivity contribution < 1.29 is 4.39 Å². The smallest absolute Gasteiger partial charge is 0.123 e. The first-order valence-corrected chi connectivity index (χ1v) is 6.92. The Labute approximate surface area is 111 Å². The number of thiazole rings is 1. The molecule has 0 aliphatic rings. The van der Waals surface area contributed by atoms with Crippen molar-refractivity contribution in [1.29, 1.82) is 0 Å². The molecule has 18 heavy (non-hydrogen) atoms. The fourth-order valence-electron chi connectivity index (χ4n) is 1.75. The Hall–Kier alpha value is -1.26. The second kappa shape index (κ2) is 6.07. The molecule has 0 aliphatic carbocycles. The number of halogens is 1. The van der Waals surface area contributed by atoms with Crippen LogP contribution in [0.3, 0.4) is 0 Å². The van der Waals surface area contributed by atoms with Crippen LogP contribution in [0.15, 0.2) is 29.8 Å². The summed E-state index contributed by atoms with van der Waals surface area (Å²) in [4.78, 5) is 4.27. The average Bonchev–Trinajstić information content (AvgIpc) is 2.82. The van der Waals surface area contributed by atoms with Crippen molar-refractivity contribution in [1.82, 2.24) is 10.3 Å². The fourth-order valence-corrected chi connectivity index (χ4v) is 2.39. The summed E-state index contributed by atoms with van der Waals surface area (Å²) in [5.41, 5.74) is 2.15. The third-order valence-corrected chi connectivity index (χ3v) is 3.47. The first-order valence-electron chi connectivity index (χ1n) is 6.04. The van der Waals surface area contributed by atoms with Crippen LogP contribution in [-0.4, -0.2) is 11.0 Å². The summed E-state index contributed by atoms with van der Waals surface area (Å²) in [6, 6.07) is 5.37. The highest BCUT2D eigenvalue weighted by atomic mass is 32.1. The van der Waals surface area contributed by atoms with Gasteiger partial charge < -0.3 is 5.32 Å². The van der Waals surface area contributed by atoms with Gasteiger partial charge in [0, 0.05) is 30.6 Å². The molecular formula is C14H17FN2S. The Morgan fingerprint density at radius 1 is 1.33 bits per heavy atom. The van der Waals surface area contributed by atoms with E-state index in [1.165, 1.54) is 6.07 Å². The van der Waals surface area contributed by atoms with Crippen LogP contribution >= 0.6 is 11.3 Å². The molecule has 0 saturated carbocycles. The lowest BCUT2D eigenvalue weighted by atomic mass is 10.0. The predicted octanol–water partition coefficient (Wildman–Crippen LogP) is 3.37. The molecule has 1 aromatic heterocycles. The van der Waals surface area contributed by atoms with Crippen LogP contribution in [0, 0.1) is 5.82 Å². The minimum Gasteiger partial charge on any atom is -0.310 e. The summed E-state index contributed by atoms with van der Waals surface area (Å²) in [6.07, 6.45) is 2.57. The maximum absolute atomic E-state index is 13.3. The summed E-state index contributed by atoms with van der Waals surface area (Å²) in [5, 5.41) is 6.35. The van der Waals surface area contributed by atoms with Crippen molar-refractivity contribution >= 4 is 11.3 Å². The van der Waals surface area contributed by atoms with E-state index >= 15 is 0 Å². The lowest BCUT2D eigenvalue weighted by Crippen LogP contribution is -2.22. The Kier molecular flexibility index (Phi) is 4.44. The number of rotatable bonds is 5. The van der Waals surface area contributed by atoms with Crippen molar-refractivity contribution in [2.45, 2.75) is 32.9 Å². The topological polar surface area (TPSA) is 24.9 Å². The predicted molar refractivity (Wildman–Crippen MR) is 73.3 cm³/mol. The highest BCUT2D eigenvalue weighted by molar-refractivity contribution is 7.09. The monoisotopic (exact) mass is 264 g/mol. The van der Waals surface area contributed by atoms with E-state index in [2.05, 4.69) is 24.1 Å². The second-order valence-electron chi connectivity index (χ2n) is 4.55. The molecule has 0 atom stereocenters. The lowest BCUT2D eigenvalue weighted by molar-refractivity contribution is 0.579. The fraction of sp³-hybridized carbons (Fsp3) is 0.357. The van der Waals surface area contributed by atoms with E-state index in [0.29, 0.717) is 12.6 Å². The minimum atomic E-state index is -0.182. The molecule has 0 radical (unpaired) electrons. The first kappa shape index (κ1) is 13.2. The highest BCUT2D eigenvalue weighted by Gasteiger charge is 2.07. The standard InChI is InChI=1S/C14H17FN2S/c1-10(2)17-9-12-7-13(15)4-3-11(12)8-14-16-5-6-18-14/h3-7,10,17H,8-9H2,1-2H3. The van der Waals surface area contributed by atoms with Crippen LogP contribution in [0.1, 0.15) is 30.0 Å². The summed E-state index contributed by atoms with van der Waals surface area (Å²) >= 11 is 1.63. The SMILES string of the molecule is CC(C)NCc1cc(F)ccc1Cc1nccs1. The molecule has 0 aliphatic heterocycles. The van der Waals surface area contributed by atoms with Gasteiger partial charge in [-0.25, -0.2) is 9.37 Å². The van der Waals surface area contributed by atoms with E-state index in [9.17, 15) is 4.39 Å². The zero-order valence-corrected chi connectivity index (χ0v) is 11.4. The van der Waals surface area contributed by atoms with Crippen molar-refractivity contribution in [3.8, 4) is 0 Å². The van der Waals surface area contributed by atoms with E-state index in [4.69, 9.17) is 0 Å². The van der Waals surface area contributed by atoms with Crippen LogP contribution in [0.25, 0.3) is 0 Å². The summed E-state index contributed by atoms with van der Waals surface area (Å²) in [7, 11) is 0. The number of hydrogen-bond acceptors (Lipinski definition) is 3. The summed E-state index contributed by atoms with van der Waals surface area (Å²) in [6.45, 7) is 4.86. The molecule has 96 valence electrons. The molecule has 0 amide bonds. The van der Waals surface area contributed by atoms with Crippen molar-refractivity contribution in [2.75, 3.05) is 0 Å². The van der Waals surface area contributed by atoms with Gasteiger partial charge in [-0.1, -0.05) is 19.9 Å². The molecular weight excluding hydrogens is 247 g/mol. The third kappa shape index (κ3) is 3.62. The molecule has 0 saturated heterocycles. The van der Waals surface area contributed by atoms with Gasteiger partial charge in [-0.05, 0) is 23.3 Å². The van der Waals surface area contributed by atoms with Gasteiger partial charge in [-0.15, -0.1) is 11.3 Å². The van der Waals surface area contributed by atoms with Gasteiger partial charge >= 0.3 is 0 Å². The van der Waals surface area contributed by atoms with E-state index in [-0.39, 0.29) is 5.82 Å². The molecule has 1 aromatic carbocycles. The molecule has 0 unspecified atom stereocenters. The van der Waals surface area contributed by atoms with Crippen LogP contribution in [-0.2, 0) is 13.0 Å². The van der Waals surface area contributed by atoms with Gasteiger partial charge in [-0.3, -0.25) is 0 Å². The Morgan fingerprint density at radius 3 is 2.83 bits per heavy atom. The van der Waals surface area contributed by atoms with Crippen LogP contribution in [0.4, 0.5) is 4.39 Å². The van der Waals surface area contributed by atoms with E-state index in [0.717, 1.165) is 22.6 Å². The molecule has 4 heteroatoms. The lowest BCUT2D eigenvalue weighted by Gasteiger charge is -2.12. The Morgan fingerprint density at radius 2 is 2.17 bits per heavy atom.